The van der Waals surface area contributed by atoms with Crippen molar-refractivity contribution in [1.29, 1.82) is 0 Å². The summed E-state index contributed by atoms with van der Waals surface area (Å²) in [5.74, 6) is 1.37. The summed E-state index contributed by atoms with van der Waals surface area (Å²) in [5.41, 5.74) is -0.456. The van der Waals surface area contributed by atoms with Crippen molar-refractivity contribution >= 4 is 12.1 Å². The number of carbonyl (C=O) groups is 1. The second-order valence-electron chi connectivity index (χ2n) is 9.33. The minimum atomic E-state index is -0.456. The maximum absolute atomic E-state index is 12.1. The Labute approximate surface area is 170 Å². The topological polar surface area (TPSA) is 72.4 Å². The Morgan fingerprint density at radius 3 is 2.29 bits per heavy atom. The van der Waals surface area contributed by atoms with Gasteiger partial charge in [0.1, 0.15) is 5.60 Å². The van der Waals surface area contributed by atoms with Gasteiger partial charge in [0, 0.05) is 58.9 Å². The van der Waals surface area contributed by atoms with Crippen molar-refractivity contribution < 1.29 is 9.53 Å². The number of piperazine rings is 1. The molecule has 0 aliphatic carbocycles. The molecule has 1 unspecified atom stereocenters. The number of carbonyl (C=O) groups excluding carboxylic acids is 1. The first kappa shape index (κ1) is 22.7. The average Bonchev–Trinajstić information content (AvgIpc) is 2.55. The largest absolute Gasteiger partial charge is 0.444 e. The van der Waals surface area contributed by atoms with E-state index in [4.69, 9.17) is 4.74 Å². The molecule has 2 heterocycles. The fourth-order valence-corrected chi connectivity index (χ4v) is 3.57. The van der Waals surface area contributed by atoms with Crippen LogP contribution in [0.4, 0.5) is 4.79 Å². The van der Waals surface area contributed by atoms with E-state index < -0.39 is 5.60 Å². The zero-order valence-electron chi connectivity index (χ0n) is 18.8. The summed E-state index contributed by atoms with van der Waals surface area (Å²) in [5, 5.41) is 6.91. The summed E-state index contributed by atoms with van der Waals surface area (Å²) in [6.45, 7) is 16.8. The van der Waals surface area contributed by atoms with E-state index in [0.717, 1.165) is 38.7 Å². The van der Waals surface area contributed by atoms with E-state index in [9.17, 15) is 4.79 Å². The van der Waals surface area contributed by atoms with Crippen LogP contribution < -0.4 is 10.6 Å². The zero-order chi connectivity index (χ0) is 20.9. The van der Waals surface area contributed by atoms with Crippen molar-refractivity contribution in [2.45, 2.75) is 52.3 Å². The van der Waals surface area contributed by atoms with Crippen LogP contribution in [0.3, 0.4) is 0 Å². The van der Waals surface area contributed by atoms with E-state index in [-0.39, 0.29) is 12.1 Å². The molecule has 8 heteroatoms. The lowest BCUT2D eigenvalue weighted by Gasteiger charge is -2.41. The molecule has 0 aromatic carbocycles. The van der Waals surface area contributed by atoms with Crippen molar-refractivity contribution in [2.24, 2.45) is 10.9 Å². The fourth-order valence-electron chi connectivity index (χ4n) is 3.57. The van der Waals surface area contributed by atoms with Gasteiger partial charge >= 0.3 is 6.09 Å². The lowest BCUT2D eigenvalue weighted by Crippen LogP contribution is -2.63. The van der Waals surface area contributed by atoms with Gasteiger partial charge in [0.15, 0.2) is 5.96 Å². The first-order chi connectivity index (χ1) is 13.1. The molecule has 2 aliphatic rings. The van der Waals surface area contributed by atoms with Gasteiger partial charge in [-0.3, -0.25) is 9.89 Å². The highest BCUT2D eigenvalue weighted by molar-refractivity contribution is 5.80. The summed E-state index contributed by atoms with van der Waals surface area (Å²) >= 11 is 0. The number of likely N-dealkylation sites (N-methyl/N-ethyl adjacent to an activating group) is 1. The molecule has 2 fully saturated rings. The Morgan fingerprint density at radius 1 is 1.18 bits per heavy atom. The number of rotatable bonds is 5. The molecule has 0 radical (unpaired) electrons. The smallest absolute Gasteiger partial charge is 0.410 e. The molecule has 0 aromatic heterocycles. The number of guanidine groups is 1. The Hall–Kier alpha value is -1.54. The summed E-state index contributed by atoms with van der Waals surface area (Å²) < 4.78 is 5.41. The minimum Gasteiger partial charge on any atom is -0.444 e. The molecule has 0 spiro atoms. The van der Waals surface area contributed by atoms with Crippen LogP contribution in [0.25, 0.3) is 0 Å². The lowest BCUT2D eigenvalue weighted by atomic mass is 10.0. The van der Waals surface area contributed by atoms with Crippen molar-refractivity contribution in [3.63, 3.8) is 0 Å². The first-order valence-electron chi connectivity index (χ1n) is 10.5. The molecule has 2 aliphatic heterocycles. The highest BCUT2D eigenvalue weighted by atomic mass is 16.6. The van der Waals surface area contributed by atoms with Crippen molar-refractivity contribution in [3.8, 4) is 0 Å². The molecule has 0 bridgehead atoms. The Bertz CT molecular complexity index is 531. The van der Waals surface area contributed by atoms with Crippen LogP contribution in [0.2, 0.25) is 0 Å². The molecule has 2 saturated heterocycles. The third-order valence-corrected chi connectivity index (χ3v) is 5.35. The number of hydrogen-bond donors (Lipinski definition) is 2. The van der Waals surface area contributed by atoms with E-state index in [1.54, 1.807) is 11.9 Å². The highest BCUT2D eigenvalue weighted by Gasteiger charge is 2.34. The number of nitrogens with one attached hydrogen (secondary N) is 2. The Kier molecular flexibility index (Phi) is 7.95. The molecule has 162 valence electrons. The van der Waals surface area contributed by atoms with Crippen molar-refractivity contribution in [1.82, 2.24) is 25.3 Å². The first-order valence-corrected chi connectivity index (χ1v) is 10.5. The molecule has 2 rings (SSSR count). The molecule has 2 N–H and O–H groups in total. The van der Waals surface area contributed by atoms with E-state index in [1.165, 1.54) is 0 Å². The number of nitrogens with zero attached hydrogens (tertiary/aromatic N) is 4. The Balaban J connectivity index is 1.76. The number of amides is 1. The normalized spacial score (nSPS) is 21.4. The molecule has 0 saturated carbocycles. The van der Waals surface area contributed by atoms with E-state index in [0.29, 0.717) is 25.0 Å². The van der Waals surface area contributed by atoms with Gasteiger partial charge in [-0.25, -0.2) is 4.79 Å². The summed E-state index contributed by atoms with van der Waals surface area (Å²) in [4.78, 5) is 23.1. The standard InChI is InChI=1S/C20H40N6O2/c1-15(2)17(25-10-8-24(7)9-11-25)12-22-18(21-6)23-16-13-26(14-16)19(27)28-20(3,4)5/h15-17H,8-14H2,1-7H3,(H2,21,22,23). The van der Waals surface area contributed by atoms with Crippen LogP contribution in [0.1, 0.15) is 34.6 Å². The van der Waals surface area contributed by atoms with Gasteiger partial charge in [-0.15, -0.1) is 0 Å². The number of ether oxygens (including phenoxy) is 1. The van der Waals surface area contributed by atoms with Crippen molar-refractivity contribution in [2.75, 3.05) is 59.9 Å². The molecule has 1 amide bonds. The van der Waals surface area contributed by atoms with Crippen LogP contribution in [0.5, 0.6) is 0 Å². The van der Waals surface area contributed by atoms with Crippen LogP contribution in [-0.4, -0.2) is 104 Å². The SMILES string of the molecule is CN=C(NCC(C(C)C)N1CCN(C)CC1)NC1CN(C(=O)OC(C)(C)C)C1. The van der Waals surface area contributed by atoms with Gasteiger partial charge < -0.3 is 25.2 Å². The highest BCUT2D eigenvalue weighted by Crippen LogP contribution is 2.15. The monoisotopic (exact) mass is 396 g/mol. The molecule has 0 aromatic rings. The second kappa shape index (κ2) is 9.78. The molecular weight excluding hydrogens is 356 g/mol. The van der Waals surface area contributed by atoms with E-state index in [2.05, 4.69) is 46.3 Å². The van der Waals surface area contributed by atoms with Crippen LogP contribution in [-0.2, 0) is 4.74 Å². The summed E-state index contributed by atoms with van der Waals surface area (Å²) in [7, 11) is 3.98. The maximum atomic E-state index is 12.1. The van der Waals surface area contributed by atoms with Gasteiger partial charge in [0.25, 0.3) is 0 Å². The molecule has 1 atom stereocenters. The number of hydrogen-bond acceptors (Lipinski definition) is 5. The van der Waals surface area contributed by atoms with Crippen LogP contribution in [0.15, 0.2) is 4.99 Å². The van der Waals surface area contributed by atoms with Gasteiger partial charge in [-0.1, -0.05) is 13.8 Å². The van der Waals surface area contributed by atoms with Gasteiger partial charge in [-0.2, -0.15) is 0 Å². The number of likely N-dealkylation sites (tertiary alicyclic amines) is 1. The summed E-state index contributed by atoms with van der Waals surface area (Å²) in [6, 6.07) is 0.687. The number of aliphatic imine (C=N–C) groups is 1. The predicted octanol–water partition coefficient (Wildman–Crippen LogP) is 1.04. The second-order valence-corrected chi connectivity index (χ2v) is 9.33. The molecule has 28 heavy (non-hydrogen) atoms. The third-order valence-electron chi connectivity index (χ3n) is 5.35. The quantitative estimate of drug-likeness (QED) is 0.535. The minimum absolute atomic E-state index is 0.208. The molecular formula is C20H40N6O2. The van der Waals surface area contributed by atoms with Crippen molar-refractivity contribution in [3.05, 3.63) is 0 Å². The maximum Gasteiger partial charge on any atom is 0.410 e. The fraction of sp³-hybridized carbons (Fsp3) is 0.900. The van der Waals surface area contributed by atoms with Gasteiger partial charge in [0.05, 0.1) is 6.04 Å². The lowest BCUT2D eigenvalue weighted by molar-refractivity contribution is 0.00699. The summed E-state index contributed by atoms with van der Waals surface area (Å²) in [6.07, 6.45) is -0.247. The van der Waals surface area contributed by atoms with E-state index in [1.807, 2.05) is 20.8 Å². The van der Waals surface area contributed by atoms with Gasteiger partial charge in [-0.05, 0) is 33.7 Å². The average molecular weight is 397 g/mol. The molecule has 8 nitrogen and oxygen atoms in total. The third kappa shape index (κ3) is 6.81. The van der Waals surface area contributed by atoms with E-state index >= 15 is 0 Å². The zero-order valence-corrected chi connectivity index (χ0v) is 18.8. The Morgan fingerprint density at radius 2 is 1.79 bits per heavy atom. The van der Waals surface area contributed by atoms with Crippen LogP contribution in [0, 0.1) is 5.92 Å². The van der Waals surface area contributed by atoms with Gasteiger partial charge in [0.2, 0.25) is 0 Å². The van der Waals surface area contributed by atoms with Crippen LogP contribution >= 0.6 is 0 Å². The predicted molar refractivity (Wildman–Crippen MR) is 114 cm³/mol.